The number of thioether (sulfide) groups is 1. The molecule has 0 saturated heterocycles. The third kappa shape index (κ3) is 3.28. The lowest BCUT2D eigenvalue weighted by Crippen LogP contribution is -2.37. The van der Waals surface area contributed by atoms with Crippen LogP contribution in [-0.2, 0) is 13.5 Å². The molecule has 14 heavy (non-hydrogen) atoms. The van der Waals surface area contributed by atoms with E-state index in [1.54, 1.807) is 11.0 Å². The highest BCUT2D eigenvalue weighted by molar-refractivity contribution is 7.98. The van der Waals surface area contributed by atoms with Gasteiger partial charge in [-0.25, -0.2) is 4.98 Å². The number of nitrogens with one attached hydrogen (secondary N) is 1. The smallest absolute Gasteiger partial charge is 0.138 e. The van der Waals surface area contributed by atoms with Gasteiger partial charge in [0.15, 0.2) is 0 Å². The zero-order valence-corrected chi connectivity index (χ0v) is 9.42. The Morgan fingerprint density at radius 2 is 2.50 bits per heavy atom. The Hall–Kier alpha value is -0.590. The van der Waals surface area contributed by atoms with E-state index in [0.29, 0.717) is 0 Å². The van der Waals surface area contributed by atoms with Gasteiger partial charge in [0.05, 0.1) is 0 Å². The highest BCUT2D eigenvalue weighted by Gasteiger charge is 2.10. The Morgan fingerprint density at radius 3 is 3.00 bits per heavy atom. The van der Waals surface area contributed by atoms with E-state index in [0.717, 1.165) is 24.4 Å². The van der Waals surface area contributed by atoms with Crippen molar-refractivity contribution >= 4 is 11.8 Å². The van der Waals surface area contributed by atoms with Gasteiger partial charge in [-0.05, 0) is 18.4 Å². The molecule has 3 N–H and O–H groups in total. The fourth-order valence-electron chi connectivity index (χ4n) is 1.23. The molecule has 0 aliphatic rings. The minimum absolute atomic E-state index is 0.283. The summed E-state index contributed by atoms with van der Waals surface area (Å²) in [5.74, 6) is 7.53. The number of hydrogen-bond donors (Lipinski definition) is 2. The van der Waals surface area contributed by atoms with Crippen molar-refractivity contribution in [2.24, 2.45) is 12.9 Å². The summed E-state index contributed by atoms with van der Waals surface area (Å²) in [7, 11) is 1.89. The SMILES string of the molecule is CSCCC(Cc1ncnn1C)NN. The summed E-state index contributed by atoms with van der Waals surface area (Å²) in [6.45, 7) is 0. The van der Waals surface area contributed by atoms with E-state index in [1.807, 2.05) is 18.8 Å². The third-order valence-electron chi connectivity index (χ3n) is 2.14. The lowest BCUT2D eigenvalue weighted by atomic mass is 10.1. The molecular formula is C8H17N5S. The Bertz CT molecular complexity index is 262. The third-order valence-corrected chi connectivity index (χ3v) is 2.78. The molecular weight excluding hydrogens is 198 g/mol. The van der Waals surface area contributed by atoms with Gasteiger partial charge in [-0.1, -0.05) is 0 Å². The van der Waals surface area contributed by atoms with Crippen LogP contribution >= 0.6 is 11.8 Å². The molecule has 0 saturated carbocycles. The van der Waals surface area contributed by atoms with Crippen molar-refractivity contribution in [1.82, 2.24) is 20.2 Å². The van der Waals surface area contributed by atoms with Crippen LogP contribution in [0.5, 0.6) is 0 Å². The minimum Gasteiger partial charge on any atom is -0.271 e. The van der Waals surface area contributed by atoms with E-state index in [-0.39, 0.29) is 6.04 Å². The van der Waals surface area contributed by atoms with Gasteiger partial charge in [-0.15, -0.1) is 0 Å². The summed E-state index contributed by atoms with van der Waals surface area (Å²) in [6.07, 6.45) is 5.53. The monoisotopic (exact) mass is 215 g/mol. The van der Waals surface area contributed by atoms with Crippen LogP contribution in [0.15, 0.2) is 6.33 Å². The molecule has 5 nitrogen and oxygen atoms in total. The molecule has 0 radical (unpaired) electrons. The summed E-state index contributed by atoms with van der Waals surface area (Å²) in [5.41, 5.74) is 2.81. The molecule has 0 spiro atoms. The molecule has 0 bridgehead atoms. The van der Waals surface area contributed by atoms with E-state index in [9.17, 15) is 0 Å². The molecule has 0 aliphatic carbocycles. The first kappa shape index (κ1) is 11.5. The highest BCUT2D eigenvalue weighted by Crippen LogP contribution is 2.04. The molecule has 80 valence electrons. The maximum absolute atomic E-state index is 5.46. The second-order valence-electron chi connectivity index (χ2n) is 3.15. The summed E-state index contributed by atoms with van der Waals surface area (Å²) in [6, 6.07) is 0.283. The normalized spacial score (nSPS) is 13.1. The zero-order valence-electron chi connectivity index (χ0n) is 8.60. The number of aryl methyl sites for hydroxylation is 1. The molecule has 0 aliphatic heterocycles. The predicted molar refractivity (Wildman–Crippen MR) is 58.8 cm³/mol. The number of hydrazine groups is 1. The fraction of sp³-hybridized carbons (Fsp3) is 0.750. The lowest BCUT2D eigenvalue weighted by Gasteiger charge is -2.14. The quantitative estimate of drug-likeness (QED) is 0.514. The number of nitrogens with zero attached hydrogens (tertiary/aromatic N) is 3. The molecule has 1 aromatic rings. The second-order valence-corrected chi connectivity index (χ2v) is 4.13. The zero-order chi connectivity index (χ0) is 10.4. The van der Waals surface area contributed by atoms with E-state index in [1.165, 1.54) is 0 Å². The van der Waals surface area contributed by atoms with Crippen molar-refractivity contribution in [3.8, 4) is 0 Å². The molecule has 0 aromatic carbocycles. The lowest BCUT2D eigenvalue weighted by molar-refractivity contribution is 0.492. The Balaban J connectivity index is 2.44. The molecule has 1 atom stereocenters. The Kier molecular flexibility index (Phi) is 4.92. The average Bonchev–Trinajstić information content (AvgIpc) is 2.59. The van der Waals surface area contributed by atoms with Crippen molar-refractivity contribution < 1.29 is 0 Å². The van der Waals surface area contributed by atoms with Gasteiger partial charge in [-0.3, -0.25) is 16.0 Å². The summed E-state index contributed by atoms with van der Waals surface area (Å²) in [4.78, 5) is 4.16. The van der Waals surface area contributed by atoms with Crippen LogP contribution in [0.25, 0.3) is 0 Å². The fourth-order valence-corrected chi connectivity index (χ4v) is 1.75. The molecule has 0 fully saturated rings. The van der Waals surface area contributed by atoms with Crippen LogP contribution in [0.1, 0.15) is 12.2 Å². The summed E-state index contributed by atoms with van der Waals surface area (Å²) < 4.78 is 1.78. The highest BCUT2D eigenvalue weighted by atomic mass is 32.2. The first-order chi connectivity index (χ1) is 6.77. The van der Waals surface area contributed by atoms with Crippen molar-refractivity contribution in [2.75, 3.05) is 12.0 Å². The van der Waals surface area contributed by atoms with Crippen molar-refractivity contribution in [1.29, 1.82) is 0 Å². The number of nitrogens with two attached hydrogens (primary N) is 1. The van der Waals surface area contributed by atoms with Gasteiger partial charge in [-0.2, -0.15) is 16.9 Å². The van der Waals surface area contributed by atoms with Crippen molar-refractivity contribution in [3.05, 3.63) is 12.2 Å². The predicted octanol–water partition coefficient (Wildman–Crippen LogP) is -0.0574. The van der Waals surface area contributed by atoms with Crippen LogP contribution in [0.2, 0.25) is 0 Å². The minimum atomic E-state index is 0.283. The van der Waals surface area contributed by atoms with Crippen LogP contribution in [-0.4, -0.2) is 32.8 Å². The van der Waals surface area contributed by atoms with Crippen molar-refractivity contribution in [3.63, 3.8) is 0 Å². The van der Waals surface area contributed by atoms with E-state index in [4.69, 9.17) is 5.84 Å². The van der Waals surface area contributed by atoms with Gasteiger partial charge >= 0.3 is 0 Å². The van der Waals surface area contributed by atoms with Gasteiger partial charge in [0.2, 0.25) is 0 Å². The second kappa shape index (κ2) is 6.00. The molecule has 6 heteroatoms. The number of aromatic nitrogens is 3. The van der Waals surface area contributed by atoms with Crippen molar-refractivity contribution in [2.45, 2.75) is 18.9 Å². The summed E-state index contributed by atoms with van der Waals surface area (Å²) >= 11 is 1.82. The average molecular weight is 215 g/mol. The van der Waals surface area contributed by atoms with Crippen LogP contribution in [0.4, 0.5) is 0 Å². The largest absolute Gasteiger partial charge is 0.271 e. The molecule has 1 rings (SSSR count). The molecule has 1 heterocycles. The molecule has 0 amide bonds. The maximum atomic E-state index is 5.46. The molecule has 1 aromatic heterocycles. The van der Waals surface area contributed by atoms with Crippen LogP contribution in [0, 0.1) is 0 Å². The van der Waals surface area contributed by atoms with Gasteiger partial charge in [0.1, 0.15) is 12.2 Å². The Labute approximate surface area is 88.4 Å². The van der Waals surface area contributed by atoms with E-state index < -0.39 is 0 Å². The Morgan fingerprint density at radius 1 is 1.71 bits per heavy atom. The number of hydrogen-bond acceptors (Lipinski definition) is 5. The van der Waals surface area contributed by atoms with Gasteiger partial charge in [0, 0.05) is 19.5 Å². The first-order valence-electron chi connectivity index (χ1n) is 4.56. The summed E-state index contributed by atoms with van der Waals surface area (Å²) in [5, 5.41) is 4.02. The topological polar surface area (TPSA) is 68.8 Å². The van der Waals surface area contributed by atoms with Gasteiger partial charge in [0.25, 0.3) is 0 Å². The molecule has 1 unspecified atom stereocenters. The van der Waals surface area contributed by atoms with Gasteiger partial charge < -0.3 is 0 Å². The van der Waals surface area contributed by atoms with Crippen LogP contribution in [0.3, 0.4) is 0 Å². The van der Waals surface area contributed by atoms with E-state index >= 15 is 0 Å². The first-order valence-corrected chi connectivity index (χ1v) is 5.95. The standard InChI is InChI=1S/C8H17N5S/c1-13-8(10-6-11-13)5-7(12-9)3-4-14-2/h6-7,12H,3-5,9H2,1-2H3. The van der Waals surface area contributed by atoms with Crippen LogP contribution < -0.4 is 11.3 Å². The number of rotatable bonds is 6. The maximum Gasteiger partial charge on any atom is 0.138 e. The van der Waals surface area contributed by atoms with E-state index in [2.05, 4.69) is 21.8 Å².